The van der Waals surface area contributed by atoms with Crippen molar-refractivity contribution < 1.29 is 23.2 Å². The molecule has 1 spiro atoms. The number of carbonyl (C=O) groups is 1. The lowest BCUT2D eigenvalue weighted by Gasteiger charge is -2.47. The summed E-state index contributed by atoms with van der Waals surface area (Å²) in [7, 11) is 0. The van der Waals surface area contributed by atoms with E-state index in [4.69, 9.17) is 14.0 Å². The average Bonchev–Trinajstić information content (AvgIpc) is 3.23. The van der Waals surface area contributed by atoms with Crippen molar-refractivity contribution in [3.8, 4) is 11.3 Å². The van der Waals surface area contributed by atoms with Gasteiger partial charge in [-0.15, -0.1) is 0 Å². The van der Waals surface area contributed by atoms with Gasteiger partial charge in [0.1, 0.15) is 11.4 Å². The van der Waals surface area contributed by atoms with Crippen LogP contribution in [0.15, 0.2) is 34.9 Å². The normalized spacial score (nSPS) is 24.3. The Morgan fingerprint density at radius 3 is 2.85 bits per heavy atom. The summed E-state index contributed by atoms with van der Waals surface area (Å²) < 4.78 is 30.8. The van der Waals surface area contributed by atoms with Crippen LogP contribution in [-0.2, 0) is 9.47 Å². The molecule has 0 bridgehead atoms. The topological polar surface area (TPSA) is 76.8 Å². The Morgan fingerprint density at radius 1 is 1.30 bits per heavy atom. The highest BCUT2D eigenvalue weighted by Gasteiger charge is 2.48. The lowest BCUT2D eigenvalue weighted by Crippen LogP contribution is -2.62. The number of carbonyl (C=O) groups excluding carboxylic acids is 1. The number of morpholine rings is 1. The van der Waals surface area contributed by atoms with Crippen LogP contribution in [0.25, 0.3) is 11.3 Å². The zero-order valence-corrected chi connectivity index (χ0v) is 15.3. The number of nitrogens with one attached hydrogen (secondary N) is 1. The molecule has 3 heterocycles. The van der Waals surface area contributed by atoms with Crippen LogP contribution in [0, 0.1) is 5.82 Å². The Bertz CT molecular complexity index is 845. The van der Waals surface area contributed by atoms with Gasteiger partial charge in [-0.1, -0.05) is 17.3 Å². The number of urea groups is 1. The van der Waals surface area contributed by atoms with E-state index >= 15 is 0 Å². The molecule has 2 fully saturated rings. The SMILES string of the molecule is CC1(C)CN(C(=O)Nc2cc(-c3ccccc3F)on2)CC2(CCOC2)O1. The van der Waals surface area contributed by atoms with Gasteiger partial charge in [-0.25, -0.2) is 9.18 Å². The smallest absolute Gasteiger partial charge is 0.323 e. The molecule has 2 amide bonds. The lowest BCUT2D eigenvalue weighted by molar-refractivity contribution is -0.185. The number of hydrogen-bond donors (Lipinski definition) is 1. The molecule has 0 saturated carbocycles. The van der Waals surface area contributed by atoms with E-state index < -0.39 is 17.0 Å². The van der Waals surface area contributed by atoms with E-state index in [-0.39, 0.29) is 17.6 Å². The summed E-state index contributed by atoms with van der Waals surface area (Å²) in [5, 5.41) is 6.57. The Balaban J connectivity index is 1.48. The summed E-state index contributed by atoms with van der Waals surface area (Å²) in [6, 6.07) is 7.45. The minimum atomic E-state index is -0.481. The second-order valence-electron chi connectivity index (χ2n) is 7.69. The van der Waals surface area contributed by atoms with E-state index in [1.807, 2.05) is 13.8 Å². The van der Waals surface area contributed by atoms with E-state index in [2.05, 4.69) is 10.5 Å². The van der Waals surface area contributed by atoms with Gasteiger partial charge in [-0.2, -0.15) is 0 Å². The number of anilines is 1. The van der Waals surface area contributed by atoms with Crippen LogP contribution in [0.1, 0.15) is 20.3 Å². The van der Waals surface area contributed by atoms with E-state index in [1.54, 1.807) is 23.1 Å². The number of nitrogens with zero attached hydrogens (tertiary/aromatic N) is 2. The molecule has 4 rings (SSSR count). The van der Waals surface area contributed by atoms with Crippen molar-refractivity contribution in [1.82, 2.24) is 10.1 Å². The van der Waals surface area contributed by atoms with Gasteiger partial charge in [0.15, 0.2) is 11.6 Å². The van der Waals surface area contributed by atoms with Gasteiger partial charge in [-0.05, 0) is 26.0 Å². The quantitative estimate of drug-likeness (QED) is 0.872. The number of hydrogen-bond acceptors (Lipinski definition) is 5. The minimum absolute atomic E-state index is 0.235. The van der Waals surface area contributed by atoms with Crippen molar-refractivity contribution in [3.05, 3.63) is 36.1 Å². The molecule has 1 N–H and O–H groups in total. The van der Waals surface area contributed by atoms with Gasteiger partial charge in [0.2, 0.25) is 0 Å². The van der Waals surface area contributed by atoms with Gasteiger partial charge in [0.25, 0.3) is 0 Å². The first-order chi connectivity index (χ1) is 12.9. The molecule has 7 nitrogen and oxygen atoms in total. The first kappa shape index (κ1) is 17.9. The van der Waals surface area contributed by atoms with Gasteiger partial charge in [0.05, 0.1) is 30.9 Å². The highest BCUT2D eigenvalue weighted by molar-refractivity contribution is 5.89. The van der Waals surface area contributed by atoms with Crippen LogP contribution in [0.2, 0.25) is 0 Å². The van der Waals surface area contributed by atoms with Crippen molar-refractivity contribution >= 4 is 11.8 Å². The van der Waals surface area contributed by atoms with Crippen molar-refractivity contribution in [2.75, 3.05) is 31.6 Å². The van der Waals surface area contributed by atoms with Crippen LogP contribution in [-0.4, -0.2) is 53.6 Å². The average molecular weight is 375 g/mol. The molecule has 2 aliphatic rings. The monoisotopic (exact) mass is 375 g/mol. The van der Waals surface area contributed by atoms with Gasteiger partial charge in [-0.3, -0.25) is 5.32 Å². The maximum atomic E-state index is 13.9. The second-order valence-corrected chi connectivity index (χ2v) is 7.69. The highest BCUT2D eigenvalue weighted by Crippen LogP contribution is 2.35. The molecule has 2 aromatic rings. The standard InChI is InChI=1S/C19H22FN3O4/c1-18(2)10-23(11-19(27-18)7-8-25-12-19)17(24)21-16-9-15(26-22-16)13-5-3-4-6-14(13)20/h3-6,9H,7-8,10-12H2,1-2H3,(H,21,22,24). The Labute approximate surface area is 156 Å². The largest absolute Gasteiger partial charge is 0.378 e. The van der Waals surface area contributed by atoms with Crippen molar-refractivity contribution in [3.63, 3.8) is 0 Å². The predicted molar refractivity (Wildman–Crippen MR) is 95.8 cm³/mol. The van der Waals surface area contributed by atoms with E-state index in [0.717, 1.165) is 6.42 Å². The first-order valence-electron chi connectivity index (χ1n) is 8.91. The Hall–Kier alpha value is -2.45. The van der Waals surface area contributed by atoms with Crippen LogP contribution < -0.4 is 5.32 Å². The van der Waals surface area contributed by atoms with Crippen molar-refractivity contribution in [1.29, 1.82) is 0 Å². The summed E-state index contributed by atoms with van der Waals surface area (Å²) in [6.45, 7) is 5.90. The van der Waals surface area contributed by atoms with Crippen molar-refractivity contribution in [2.24, 2.45) is 0 Å². The van der Waals surface area contributed by atoms with E-state index in [9.17, 15) is 9.18 Å². The number of aromatic nitrogens is 1. The molecule has 1 atom stereocenters. The molecule has 1 unspecified atom stereocenters. The molecular formula is C19H22FN3O4. The molecular weight excluding hydrogens is 353 g/mol. The maximum Gasteiger partial charge on any atom is 0.323 e. The fourth-order valence-electron chi connectivity index (χ4n) is 3.76. The minimum Gasteiger partial charge on any atom is -0.378 e. The molecule has 27 heavy (non-hydrogen) atoms. The molecule has 8 heteroatoms. The van der Waals surface area contributed by atoms with Crippen LogP contribution in [0.5, 0.6) is 0 Å². The number of halogens is 1. The first-order valence-corrected chi connectivity index (χ1v) is 8.91. The van der Waals surface area contributed by atoms with Crippen LogP contribution in [0.3, 0.4) is 0 Å². The van der Waals surface area contributed by atoms with Crippen LogP contribution >= 0.6 is 0 Å². The summed E-state index contributed by atoms with van der Waals surface area (Å²) in [6.07, 6.45) is 0.752. The molecule has 0 radical (unpaired) electrons. The fourth-order valence-corrected chi connectivity index (χ4v) is 3.76. The second kappa shape index (κ2) is 6.61. The maximum absolute atomic E-state index is 13.9. The zero-order chi connectivity index (χ0) is 19.1. The fraction of sp³-hybridized carbons (Fsp3) is 0.474. The predicted octanol–water partition coefficient (Wildman–Crippen LogP) is 3.28. The third-order valence-corrected chi connectivity index (χ3v) is 4.78. The molecule has 1 aromatic carbocycles. The third kappa shape index (κ3) is 3.68. The summed E-state index contributed by atoms with van der Waals surface area (Å²) in [5.41, 5.74) is -0.660. The molecule has 0 aliphatic carbocycles. The number of benzene rings is 1. The van der Waals surface area contributed by atoms with Gasteiger partial charge >= 0.3 is 6.03 Å². The summed E-state index contributed by atoms with van der Waals surface area (Å²) in [5.74, 6) is 0.0790. The van der Waals surface area contributed by atoms with Crippen LogP contribution in [0.4, 0.5) is 15.0 Å². The lowest BCUT2D eigenvalue weighted by atomic mass is 9.95. The molecule has 2 aliphatic heterocycles. The molecule has 2 saturated heterocycles. The molecule has 144 valence electrons. The van der Waals surface area contributed by atoms with E-state index in [1.165, 1.54) is 12.1 Å². The van der Waals surface area contributed by atoms with Gasteiger partial charge < -0.3 is 18.9 Å². The number of ether oxygens (including phenoxy) is 2. The number of amides is 2. The summed E-state index contributed by atoms with van der Waals surface area (Å²) in [4.78, 5) is 14.5. The molecule has 1 aromatic heterocycles. The summed E-state index contributed by atoms with van der Waals surface area (Å²) >= 11 is 0. The van der Waals surface area contributed by atoms with Crippen molar-refractivity contribution in [2.45, 2.75) is 31.5 Å². The zero-order valence-electron chi connectivity index (χ0n) is 15.3. The van der Waals surface area contributed by atoms with Gasteiger partial charge in [0, 0.05) is 19.1 Å². The Kier molecular flexibility index (Phi) is 4.39. The highest BCUT2D eigenvalue weighted by atomic mass is 19.1. The van der Waals surface area contributed by atoms with E-state index in [0.29, 0.717) is 31.9 Å². The third-order valence-electron chi connectivity index (χ3n) is 4.78. The number of rotatable bonds is 2. The Morgan fingerprint density at radius 2 is 2.11 bits per heavy atom.